The van der Waals surface area contributed by atoms with E-state index in [0.29, 0.717) is 0 Å². The summed E-state index contributed by atoms with van der Waals surface area (Å²) >= 11 is 3.04. The molecule has 1 aliphatic heterocycles. The number of aromatic nitrogens is 2. The fourth-order valence-corrected chi connectivity index (χ4v) is 4.10. The Morgan fingerprint density at radius 1 is 1.45 bits per heavy atom. The van der Waals surface area contributed by atoms with Gasteiger partial charge in [0, 0.05) is 19.6 Å². The highest BCUT2D eigenvalue weighted by Gasteiger charge is 2.24. The summed E-state index contributed by atoms with van der Waals surface area (Å²) in [7, 11) is 0. The molecule has 1 aliphatic rings. The minimum atomic E-state index is -0.0791. The number of amides is 1. The first-order valence-electron chi connectivity index (χ1n) is 7.23. The molecule has 1 saturated heterocycles. The Balaban J connectivity index is 1.81. The topological polar surface area (TPSA) is 58.1 Å². The summed E-state index contributed by atoms with van der Waals surface area (Å²) in [6.07, 6.45) is 4.56. The average molecular weight is 314 g/mol. The largest absolute Gasteiger partial charge is 0.360 e. The normalized spacial score (nSPS) is 16.4. The Morgan fingerprint density at radius 3 is 2.90 bits per heavy atom. The fraction of sp³-hybridized carbons (Fsp3) is 0.769. The lowest BCUT2D eigenvalue weighted by Gasteiger charge is -2.18. The molecule has 2 heterocycles. The molecule has 1 N–H and O–H groups in total. The molecule has 7 heteroatoms. The molecule has 0 radical (unpaired) electrons. The summed E-state index contributed by atoms with van der Waals surface area (Å²) < 4.78 is 0.865. The van der Waals surface area contributed by atoms with Crippen molar-refractivity contribution in [2.24, 2.45) is 0 Å². The Hall–Kier alpha value is -0.820. The third-order valence-corrected chi connectivity index (χ3v) is 5.31. The molecule has 1 amide bonds. The molecule has 0 spiro atoms. The van der Waals surface area contributed by atoms with Gasteiger partial charge in [0.2, 0.25) is 11.0 Å². The maximum Gasteiger partial charge on any atom is 0.235 e. The molecule has 0 aliphatic carbocycles. The van der Waals surface area contributed by atoms with Crippen molar-refractivity contribution in [3.8, 4) is 0 Å². The van der Waals surface area contributed by atoms with Crippen LogP contribution in [0.1, 0.15) is 39.5 Å². The van der Waals surface area contributed by atoms with Crippen molar-refractivity contribution >= 4 is 34.1 Å². The van der Waals surface area contributed by atoms with Gasteiger partial charge in [-0.25, -0.2) is 0 Å². The van der Waals surface area contributed by atoms with Gasteiger partial charge in [0.15, 0.2) is 4.34 Å². The second kappa shape index (κ2) is 7.83. The second-order valence-electron chi connectivity index (χ2n) is 4.95. The number of anilines is 1. The van der Waals surface area contributed by atoms with Crippen LogP contribution in [0.3, 0.4) is 0 Å². The second-order valence-corrected chi connectivity index (χ2v) is 7.51. The van der Waals surface area contributed by atoms with Crippen molar-refractivity contribution in [1.29, 1.82) is 0 Å². The lowest BCUT2D eigenvalue weighted by molar-refractivity contribution is -0.129. The predicted molar refractivity (Wildman–Crippen MR) is 84.4 cm³/mol. The number of nitrogens with one attached hydrogen (secondary N) is 1. The van der Waals surface area contributed by atoms with E-state index >= 15 is 0 Å². The van der Waals surface area contributed by atoms with Gasteiger partial charge in [-0.1, -0.05) is 36.4 Å². The highest BCUT2D eigenvalue weighted by molar-refractivity contribution is 8.02. The number of carbonyl (C=O) groups excluding carboxylic acids is 1. The maximum atomic E-state index is 12.2. The summed E-state index contributed by atoms with van der Waals surface area (Å²) in [4.78, 5) is 14.2. The molecule has 112 valence electrons. The van der Waals surface area contributed by atoms with Gasteiger partial charge in [-0.15, -0.1) is 10.2 Å². The molecule has 2 rings (SSSR count). The number of hydrogen-bond donors (Lipinski definition) is 1. The van der Waals surface area contributed by atoms with Crippen LogP contribution in [0, 0.1) is 0 Å². The van der Waals surface area contributed by atoms with Crippen LogP contribution in [-0.2, 0) is 4.79 Å². The highest BCUT2D eigenvalue weighted by atomic mass is 32.2. The Labute approximate surface area is 128 Å². The number of thioether (sulfide) groups is 1. The van der Waals surface area contributed by atoms with E-state index in [1.54, 1.807) is 0 Å². The summed E-state index contributed by atoms with van der Waals surface area (Å²) in [5.41, 5.74) is 0. The summed E-state index contributed by atoms with van der Waals surface area (Å²) in [6, 6.07) is 0. The van der Waals surface area contributed by atoms with Crippen LogP contribution in [0.15, 0.2) is 4.34 Å². The molecule has 20 heavy (non-hydrogen) atoms. The number of likely N-dealkylation sites (tertiary alicyclic amines) is 1. The third-order valence-electron chi connectivity index (χ3n) is 3.26. The van der Waals surface area contributed by atoms with Gasteiger partial charge in [-0.3, -0.25) is 4.79 Å². The maximum absolute atomic E-state index is 12.2. The quantitative estimate of drug-likeness (QED) is 0.619. The number of carbonyl (C=O) groups is 1. The molecular formula is C13H22N4OS2. The van der Waals surface area contributed by atoms with Crippen molar-refractivity contribution in [3.05, 3.63) is 0 Å². The van der Waals surface area contributed by atoms with Gasteiger partial charge >= 0.3 is 0 Å². The standard InChI is InChI=1S/C13H22N4OS2/c1-3-4-7-14-12-15-16-13(20-12)19-10(2)11(18)17-8-5-6-9-17/h10H,3-9H2,1-2H3,(H,14,15). The summed E-state index contributed by atoms with van der Waals surface area (Å²) in [6.45, 7) is 6.86. The van der Waals surface area contributed by atoms with Gasteiger partial charge in [0.05, 0.1) is 5.25 Å². The van der Waals surface area contributed by atoms with E-state index in [0.717, 1.165) is 54.8 Å². The van der Waals surface area contributed by atoms with E-state index in [4.69, 9.17) is 0 Å². The monoisotopic (exact) mass is 314 g/mol. The van der Waals surface area contributed by atoms with E-state index < -0.39 is 0 Å². The van der Waals surface area contributed by atoms with E-state index in [2.05, 4.69) is 22.4 Å². The summed E-state index contributed by atoms with van der Waals surface area (Å²) in [5, 5.41) is 12.3. The zero-order valence-corrected chi connectivity index (χ0v) is 13.7. The fourth-order valence-electron chi connectivity index (χ4n) is 2.10. The van der Waals surface area contributed by atoms with E-state index in [9.17, 15) is 4.79 Å². The lowest BCUT2D eigenvalue weighted by atomic mass is 10.3. The third kappa shape index (κ3) is 4.34. The number of nitrogens with zero attached hydrogens (tertiary/aromatic N) is 3. The van der Waals surface area contributed by atoms with Gasteiger partial charge in [-0.05, 0) is 26.2 Å². The van der Waals surface area contributed by atoms with Crippen LogP contribution in [0.2, 0.25) is 0 Å². The van der Waals surface area contributed by atoms with E-state index in [-0.39, 0.29) is 11.2 Å². The van der Waals surface area contributed by atoms with Crippen LogP contribution in [0.4, 0.5) is 5.13 Å². The van der Waals surface area contributed by atoms with E-state index in [1.165, 1.54) is 23.1 Å². The number of unbranched alkanes of at least 4 members (excludes halogenated alkanes) is 1. The molecule has 0 saturated carbocycles. The first-order valence-corrected chi connectivity index (χ1v) is 8.93. The predicted octanol–water partition coefficient (Wildman–Crippen LogP) is 2.85. The first-order chi connectivity index (χ1) is 9.70. The van der Waals surface area contributed by atoms with Crippen molar-refractivity contribution in [2.45, 2.75) is 49.1 Å². The highest BCUT2D eigenvalue weighted by Crippen LogP contribution is 2.30. The average Bonchev–Trinajstić information content (AvgIpc) is 3.09. The zero-order chi connectivity index (χ0) is 14.4. The Bertz CT molecular complexity index is 432. The SMILES string of the molecule is CCCCNc1nnc(SC(C)C(=O)N2CCCC2)s1. The minimum Gasteiger partial charge on any atom is -0.360 e. The van der Waals surface area contributed by atoms with Crippen LogP contribution < -0.4 is 5.32 Å². The van der Waals surface area contributed by atoms with Gasteiger partial charge < -0.3 is 10.2 Å². The van der Waals surface area contributed by atoms with Crippen molar-refractivity contribution in [2.75, 3.05) is 25.0 Å². The molecule has 1 unspecified atom stereocenters. The first kappa shape index (κ1) is 15.6. The molecular weight excluding hydrogens is 292 g/mol. The lowest BCUT2D eigenvalue weighted by Crippen LogP contribution is -2.33. The van der Waals surface area contributed by atoms with Gasteiger partial charge in [0.1, 0.15) is 0 Å². The molecule has 0 bridgehead atoms. The number of rotatable bonds is 7. The summed E-state index contributed by atoms with van der Waals surface area (Å²) in [5.74, 6) is 0.225. The molecule has 0 aromatic carbocycles. The molecule has 1 fully saturated rings. The molecule has 5 nitrogen and oxygen atoms in total. The van der Waals surface area contributed by atoms with Crippen molar-refractivity contribution < 1.29 is 4.79 Å². The Morgan fingerprint density at radius 2 is 2.20 bits per heavy atom. The Kier molecular flexibility index (Phi) is 6.09. The van der Waals surface area contributed by atoms with Crippen LogP contribution >= 0.6 is 23.1 Å². The van der Waals surface area contributed by atoms with E-state index in [1.807, 2.05) is 11.8 Å². The molecule has 1 atom stereocenters. The van der Waals surface area contributed by atoms with Crippen molar-refractivity contribution in [1.82, 2.24) is 15.1 Å². The zero-order valence-electron chi connectivity index (χ0n) is 12.1. The van der Waals surface area contributed by atoms with Crippen molar-refractivity contribution in [3.63, 3.8) is 0 Å². The molecule has 1 aromatic heterocycles. The smallest absolute Gasteiger partial charge is 0.235 e. The van der Waals surface area contributed by atoms with Crippen LogP contribution in [-0.4, -0.2) is 45.9 Å². The van der Waals surface area contributed by atoms with Gasteiger partial charge in [0.25, 0.3) is 0 Å². The van der Waals surface area contributed by atoms with Gasteiger partial charge in [-0.2, -0.15) is 0 Å². The number of hydrogen-bond acceptors (Lipinski definition) is 6. The van der Waals surface area contributed by atoms with Crippen LogP contribution in [0.25, 0.3) is 0 Å². The molecule has 1 aromatic rings. The van der Waals surface area contributed by atoms with Crippen LogP contribution in [0.5, 0.6) is 0 Å². The minimum absolute atomic E-state index is 0.0791.